The first-order valence-corrected chi connectivity index (χ1v) is 8.06. The van der Waals surface area contributed by atoms with Crippen LogP contribution in [0.4, 0.5) is 17.1 Å². The molecule has 0 spiro atoms. The Kier molecular flexibility index (Phi) is 3.80. The smallest absolute Gasteiger partial charge is 0.0597 e. The maximum absolute atomic E-state index is 2.32. The maximum Gasteiger partial charge on any atom is 0.0597 e. The Bertz CT molecular complexity index is 678. The van der Waals surface area contributed by atoms with Gasteiger partial charge in [0.05, 0.1) is 5.69 Å². The Morgan fingerprint density at radius 3 is 1.52 bits per heavy atom. The molecule has 21 heavy (non-hydrogen) atoms. The molecule has 0 radical (unpaired) electrons. The molecule has 1 aromatic heterocycles. The van der Waals surface area contributed by atoms with E-state index in [1.54, 1.807) is 11.3 Å². The Labute approximate surface area is 130 Å². The summed E-state index contributed by atoms with van der Waals surface area (Å²) in [5.74, 6) is 0. The molecule has 0 aliphatic carbocycles. The summed E-state index contributed by atoms with van der Waals surface area (Å²) in [4.78, 5) is 2.32. The van der Waals surface area contributed by atoms with Crippen molar-refractivity contribution in [3.05, 3.63) is 76.0 Å². The molecule has 0 amide bonds. The molecule has 0 saturated carbocycles. The Hall–Kier alpha value is -2.06. The van der Waals surface area contributed by atoms with Gasteiger partial charge in [-0.2, -0.15) is 0 Å². The van der Waals surface area contributed by atoms with E-state index in [0.717, 1.165) is 0 Å². The number of hydrogen-bond donors (Lipinski definition) is 0. The van der Waals surface area contributed by atoms with E-state index in [4.69, 9.17) is 0 Å². The van der Waals surface area contributed by atoms with E-state index >= 15 is 0 Å². The predicted molar refractivity (Wildman–Crippen MR) is 93.2 cm³/mol. The van der Waals surface area contributed by atoms with E-state index in [2.05, 4.69) is 85.0 Å². The second-order valence-electron chi connectivity index (χ2n) is 5.45. The van der Waals surface area contributed by atoms with Crippen molar-refractivity contribution in [2.75, 3.05) is 4.90 Å². The molecule has 0 saturated heterocycles. The van der Waals surface area contributed by atoms with Crippen molar-refractivity contribution in [1.29, 1.82) is 0 Å². The van der Waals surface area contributed by atoms with Gasteiger partial charge in [-0.05, 0) is 56.0 Å². The quantitative estimate of drug-likeness (QED) is 0.560. The molecule has 1 heterocycles. The molecular formula is C19H19NS. The van der Waals surface area contributed by atoms with Gasteiger partial charge in [-0.25, -0.2) is 0 Å². The van der Waals surface area contributed by atoms with Crippen molar-refractivity contribution in [1.82, 2.24) is 0 Å². The van der Waals surface area contributed by atoms with Crippen LogP contribution < -0.4 is 4.90 Å². The van der Waals surface area contributed by atoms with E-state index in [1.807, 2.05) is 0 Å². The highest BCUT2D eigenvalue weighted by Gasteiger charge is 2.14. The van der Waals surface area contributed by atoms with E-state index in [0.29, 0.717) is 0 Å². The van der Waals surface area contributed by atoms with Crippen molar-refractivity contribution in [3.63, 3.8) is 0 Å². The van der Waals surface area contributed by atoms with Gasteiger partial charge < -0.3 is 4.90 Å². The average molecular weight is 293 g/mol. The maximum atomic E-state index is 2.32. The second-order valence-corrected chi connectivity index (χ2v) is 6.19. The third-order valence-corrected chi connectivity index (χ3v) is 4.50. The number of thiophene rings is 1. The fourth-order valence-corrected chi connectivity index (χ4v) is 3.21. The number of hydrogen-bond acceptors (Lipinski definition) is 2. The summed E-state index contributed by atoms with van der Waals surface area (Å²) < 4.78 is 0. The normalized spacial score (nSPS) is 10.6. The molecule has 0 N–H and O–H groups in total. The molecule has 0 aliphatic heterocycles. The molecule has 3 rings (SSSR count). The van der Waals surface area contributed by atoms with E-state index in [9.17, 15) is 0 Å². The van der Waals surface area contributed by atoms with Crippen LogP contribution in [0, 0.1) is 20.8 Å². The summed E-state index contributed by atoms with van der Waals surface area (Å²) in [6, 6.07) is 17.4. The van der Waals surface area contributed by atoms with Gasteiger partial charge in [0.25, 0.3) is 0 Å². The molecule has 0 unspecified atom stereocenters. The van der Waals surface area contributed by atoms with Gasteiger partial charge in [-0.3, -0.25) is 0 Å². The number of benzene rings is 2. The fourth-order valence-electron chi connectivity index (χ4n) is 2.40. The molecule has 1 nitrogen and oxygen atoms in total. The number of rotatable bonds is 3. The summed E-state index contributed by atoms with van der Waals surface area (Å²) in [5, 5.41) is 4.42. The zero-order valence-electron chi connectivity index (χ0n) is 12.6. The Morgan fingerprint density at radius 2 is 1.14 bits per heavy atom. The highest BCUT2D eigenvalue weighted by Crippen LogP contribution is 2.38. The van der Waals surface area contributed by atoms with Crippen LogP contribution in [0.3, 0.4) is 0 Å². The van der Waals surface area contributed by atoms with Gasteiger partial charge in [0, 0.05) is 16.8 Å². The number of nitrogens with zero attached hydrogens (tertiary/aromatic N) is 1. The van der Waals surface area contributed by atoms with Crippen LogP contribution in [0.1, 0.15) is 16.7 Å². The molecule has 0 fully saturated rings. The Morgan fingerprint density at radius 1 is 0.667 bits per heavy atom. The topological polar surface area (TPSA) is 3.24 Å². The first-order chi connectivity index (χ1) is 10.1. The first kappa shape index (κ1) is 13.9. The van der Waals surface area contributed by atoms with Crippen LogP contribution >= 0.6 is 11.3 Å². The predicted octanol–water partition coefficient (Wildman–Crippen LogP) is 6.14. The molecule has 106 valence electrons. The summed E-state index contributed by atoms with van der Waals surface area (Å²) in [5.41, 5.74) is 7.53. The highest BCUT2D eigenvalue weighted by atomic mass is 32.1. The van der Waals surface area contributed by atoms with Gasteiger partial charge in [-0.1, -0.05) is 35.4 Å². The molecule has 2 aromatic carbocycles. The minimum Gasteiger partial charge on any atom is -0.309 e. The lowest BCUT2D eigenvalue weighted by molar-refractivity contribution is 1.26. The van der Waals surface area contributed by atoms with Gasteiger partial charge in [0.2, 0.25) is 0 Å². The monoisotopic (exact) mass is 293 g/mol. The Balaban J connectivity index is 2.13. The van der Waals surface area contributed by atoms with Gasteiger partial charge in [0.1, 0.15) is 0 Å². The fraction of sp³-hybridized carbons (Fsp3) is 0.158. The molecule has 0 atom stereocenters. The van der Waals surface area contributed by atoms with E-state index < -0.39 is 0 Å². The summed E-state index contributed by atoms with van der Waals surface area (Å²) in [6.07, 6.45) is 0. The van der Waals surface area contributed by atoms with Crippen LogP contribution in [0.25, 0.3) is 0 Å². The summed E-state index contributed by atoms with van der Waals surface area (Å²) in [7, 11) is 0. The largest absolute Gasteiger partial charge is 0.309 e. The van der Waals surface area contributed by atoms with Crippen LogP contribution in [0.15, 0.2) is 59.3 Å². The first-order valence-electron chi connectivity index (χ1n) is 7.11. The third-order valence-electron chi connectivity index (χ3n) is 3.65. The molecule has 0 aliphatic rings. The standard InChI is InChI=1S/C19H19NS/c1-14-4-8-17(9-5-14)20(19-13-21-12-16(19)3)18-10-6-15(2)7-11-18/h4-13H,1-3H3. The van der Waals surface area contributed by atoms with Gasteiger partial charge in [0.15, 0.2) is 0 Å². The van der Waals surface area contributed by atoms with Gasteiger partial charge >= 0.3 is 0 Å². The van der Waals surface area contributed by atoms with Crippen molar-refractivity contribution in [2.45, 2.75) is 20.8 Å². The zero-order valence-corrected chi connectivity index (χ0v) is 13.4. The summed E-state index contributed by atoms with van der Waals surface area (Å²) in [6.45, 7) is 6.41. The van der Waals surface area contributed by atoms with Crippen molar-refractivity contribution < 1.29 is 0 Å². The van der Waals surface area contributed by atoms with Crippen LogP contribution in [-0.4, -0.2) is 0 Å². The summed E-state index contributed by atoms with van der Waals surface area (Å²) >= 11 is 1.75. The zero-order chi connectivity index (χ0) is 14.8. The highest BCUT2D eigenvalue weighted by molar-refractivity contribution is 7.08. The minimum absolute atomic E-state index is 1.20. The average Bonchev–Trinajstić information content (AvgIpc) is 2.90. The minimum atomic E-state index is 1.20. The lowest BCUT2D eigenvalue weighted by Gasteiger charge is -2.25. The van der Waals surface area contributed by atoms with Crippen LogP contribution in [-0.2, 0) is 0 Å². The van der Waals surface area contributed by atoms with Crippen molar-refractivity contribution >= 4 is 28.4 Å². The molecular weight excluding hydrogens is 274 g/mol. The van der Waals surface area contributed by atoms with E-state index in [-0.39, 0.29) is 0 Å². The lowest BCUT2D eigenvalue weighted by atomic mass is 10.1. The van der Waals surface area contributed by atoms with Crippen LogP contribution in [0.5, 0.6) is 0 Å². The number of aryl methyl sites for hydroxylation is 3. The van der Waals surface area contributed by atoms with Crippen LogP contribution in [0.2, 0.25) is 0 Å². The second kappa shape index (κ2) is 5.74. The molecule has 2 heteroatoms. The van der Waals surface area contributed by atoms with Crippen molar-refractivity contribution in [3.8, 4) is 0 Å². The third kappa shape index (κ3) is 2.86. The molecule has 3 aromatic rings. The SMILES string of the molecule is Cc1ccc(N(c2ccc(C)cc2)c2cscc2C)cc1. The number of anilines is 3. The van der Waals surface area contributed by atoms with Crippen molar-refractivity contribution in [2.24, 2.45) is 0 Å². The molecule has 0 bridgehead atoms. The van der Waals surface area contributed by atoms with Gasteiger partial charge in [-0.15, -0.1) is 11.3 Å². The lowest BCUT2D eigenvalue weighted by Crippen LogP contribution is -2.10. The van der Waals surface area contributed by atoms with E-state index in [1.165, 1.54) is 33.8 Å².